The van der Waals surface area contributed by atoms with Gasteiger partial charge in [-0.15, -0.1) is 0 Å². The van der Waals surface area contributed by atoms with Gasteiger partial charge < -0.3 is 5.73 Å². The van der Waals surface area contributed by atoms with Crippen molar-refractivity contribution in [1.29, 1.82) is 0 Å². The van der Waals surface area contributed by atoms with Crippen LogP contribution in [0.15, 0.2) is 24.3 Å². The van der Waals surface area contributed by atoms with Crippen LogP contribution in [0.3, 0.4) is 0 Å². The van der Waals surface area contributed by atoms with Gasteiger partial charge in [-0.1, -0.05) is 12.1 Å². The molecule has 1 aromatic carbocycles. The Bertz CT molecular complexity index is 331. The summed E-state index contributed by atoms with van der Waals surface area (Å²) in [4.78, 5) is 0. The summed E-state index contributed by atoms with van der Waals surface area (Å²) in [7, 11) is 0. The number of anilines is 1. The van der Waals surface area contributed by atoms with E-state index in [1.807, 2.05) is 0 Å². The van der Waals surface area contributed by atoms with Crippen LogP contribution in [0.2, 0.25) is 0 Å². The van der Waals surface area contributed by atoms with Crippen molar-refractivity contribution in [2.45, 2.75) is 12.1 Å². The van der Waals surface area contributed by atoms with E-state index in [1.165, 1.54) is 6.07 Å². The van der Waals surface area contributed by atoms with Crippen LogP contribution in [0.1, 0.15) is 5.56 Å². The Morgan fingerprint density at radius 1 is 1.00 bits per heavy atom. The van der Waals surface area contributed by atoms with Crippen molar-refractivity contribution in [3.63, 3.8) is 0 Å². The summed E-state index contributed by atoms with van der Waals surface area (Å²) in [5, 5.41) is 0. The highest BCUT2D eigenvalue weighted by Gasteiger charge is 2.58. The predicted molar refractivity (Wildman–Crippen MR) is 40.8 cm³/mol. The summed E-state index contributed by atoms with van der Waals surface area (Å²) < 4.78 is 60.9. The van der Waals surface area contributed by atoms with Gasteiger partial charge in [-0.3, -0.25) is 0 Å². The van der Waals surface area contributed by atoms with Gasteiger partial charge in [0.15, 0.2) is 0 Å². The Morgan fingerprint density at radius 2 is 1.57 bits per heavy atom. The Balaban J connectivity index is 3.16. The molecule has 0 saturated heterocycles. The van der Waals surface area contributed by atoms with Gasteiger partial charge in [0.05, 0.1) is 0 Å². The van der Waals surface area contributed by atoms with E-state index in [9.17, 15) is 22.0 Å². The number of nitrogens with two attached hydrogens (primary N) is 1. The summed E-state index contributed by atoms with van der Waals surface area (Å²) in [6.07, 6.45) is -5.60. The third kappa shape index (κ3) is 1.78. The number of rotatable bonds is 1. The third-order valence-electron chi connectivity index (χ3n) is 1.61. The van der Waals surface area contributed by atoms with E-state index in [0.717, 1.165) is 6.07 Å². The molecule has 0 spiro atoms. The lowest BCUT2D eigenvalue weighted by molar-refractivity contribution is -0.289. The molecule has 6 heteroatoms. The monoisotopic (exact) mass is 211 g/mol. The first kappa shape index (κ1) is 10.7. The third-order valence-corrected chi connectivity index (χ3v) is 1.61. The lowest BCUT2D eigenvalue weighted by Gasteiger charge is -2.19. The van der Waals surface area contributed by atoms with Crippen LogP contribution in [0.5, 0.6) is 0 Å². The molecule has 0 aliphatic rings. The van der Waals surface area contributed by atoms with Gasteiger partial charge in [0.1, 0.15) is 0 Å². The van der Waals surface area contributed by atoms with Crippen molar-refractivity contribution in [2.24, 2.45) is 0 Å². The Labute approximate surface area is 76.3 Å². The molecule has 0 saturated carbocycles. The van der Waals surface area contributed by atoms with E-state index in [4.69, 9.17) is 5.73 Å². The first-order valence-electron chi connectivity index (χ1n) is 3.55. The van der Waals surface area contributed by atoms with Gasteiger partial charge in [0.25, 0.3) is 0 Å². The minimum atomic E-state index is -5.60. The molecule has 78 valence electrons. The first-order chi connectivity index (χ1) is 6.25. The van der Waals surface area contributed by atoms with Gasteiger partial charge in [-0.2, -0.15) is 22.0 Å². The van der Waals surface area contributed by atoms with E-state index >= 15 is 0 Å². The molecule has 0 radical (unpaired) electrons. The fourth-order valence-corrected chi connectivity index (χ4v) is 0.898. The van der Waals surface area contributed by atoms with E-state index in [0.29, 0.717) is 12.1 Å². The van der Waals surface area contributed by atoms with Crippen LogP contribution in [0, 0.1) is 0 Å². The van der Waals surface area contributed by atoms with E-state index < -0.39 is 17.7 Å². The number of hydrogen-bond donors (Lipinski definition) is 1. The Hall–Kier alpha value is -1.33. The standard InChI is InChI=1S/C8H6F5N/c9-7(10,8(11,12)13)5-2-1-3-6(14)4-5/h1-4H,14H2. The fourth-order valence-electron chi connectivity index (χ4n) is 0.898. The highest BCUT2D eigenvalue weighted by Crippen LogP contribution is 2.43. The zero-order chi connectivity index (χ0) is 11.0. The highest BCUT2D eigenvalue weighted by molar-refractivity contribution is 5.42. The maximum Gasteiger partial charge on any atom is 0.458 e. The van der Waals surface area contributed by atoms with Crippen LogP contribution in [-0.2, 0) is 5.92 Å². The SMILES string of the molecule is Nc1cccc(C(F)(F)C(F)(F)F)c1. The molecule has 1 nitrogen and oxygen atoms in total. The summed E-state index contributed by atoms with van der Waals surface area (Å²) >= 11 is 0. The molecule has 2 N–H and O–H groups in total. The lowest BCUT2D eigenvalue weighted by Crippen LogP contribution is -2.33. The number of hydrogen-bond acceptors (Lipinski definition) is 1. The molecule has 1 aromatic rings. The summed E-state index contributed by atoms with van der Waals surface area (Å²) in [6, 6.07) is 3.57. The molecule has 0 aliphatic heterocycles. The van der Waals surface area contributed by atoms with Gasteiger partial charge >= 0.3 is 12.1 Å². The quantitative estimate of drug-likeness (QED) is 0.560. The molecular weight excluding hydrogens is 205 g/mol. The average molecular weight is 211 g/mol. The largest absolute Gasteiger partial charge is 0.458 e. The lowest BCUT2D eigenvalue weighted by atomic mass is 10.1. The molecule has 0 atom stereocenters. The topological polar surface area (TPSA) is 26.0 Å². The normalized spacial score (nSPS) is 12.9. The van der Waals surface area contributed by atoms with Crippen molar-refractivity contribution >= 4 is 5.69 Å². The molecule has 14 heavy (non-hydrogen) atoms. The molecule has 0 unspecified atom stereocenters. The summed E-state index contributed by atoms with van der Waals surface area (Å²) in [5.74, 6) is -4.86. The van der Waals surface area contributed by atoms with E-state index in [-0.39, 0.29) is 5.69 Å². The number of alkyl halides is 5. The Morgan fingerprint density at radius 3 is 2.00 bits per heavy atom. The van der Waals surface area contributed by atoms with Crippen molar-refractivity contribution < 1.29 is 22.0 Å². The molecule has 0 fully saturated rings. The molecule has 0 aliphatic carbocycles. The van der Waals surface area contributed by atoms with Gasteiger partial charge in [0.2, 0.25) is 0 Å². The summed E-state index contributed by atoms with van der Waals surface area (Å²) in [5.41, 5.74) is 3.82. The van der Waals surface area contributed by atoms with Crippen LogP contribution in [-0.4, -0.2) is 6.18 Å². The average Bonchev–Trinajstić information content (AvgIpc) is 2.02. The van der Waals surface area contributed by atoms with E-state index in [1.54, 1.807) is 0 Å². The highest BCUT2D eigenvalue weighted by atomic mass is 19.4. The Kier molecular flexibility index (Phi) is 2.39. The minimum Gasteiger partial charge on any atom is -0.399 e. The maximum atomic E-state index is 12.7. The van der Waals surface area contributed by atoms with Crippen LogP contribution >= 0.6 is 0 Å². The molecule has 0 aromatic heterocycles. The number of benzene rings is 1. The summed E-state index contributed by atoms with van der Waals surface area (Å²) in [6.45, 7) is 0. The van der Waals surface area contributed by atoms with Gasteiger partial charge in [-0.05, 0) is 12.1 Å². The molecular formula is C8H6F5N. The van der Waals surface area contributed by atoms with Crippen molar-refractivity contribution in [3.8, 4) is 0 Å². The van der Waals surface area contributed by atoms with Crippen molar-refractivity contribution in [3.05, 3.63) is 29.8 Å². The number of nitrogen functional groups attached to an aromatic ring is 1. The maximum absolute atomic E-state index is 12.7. The molecule has 0 bridgehead atoms. The van der Waals surface area contributed by atoms with Gasteiger partial charge in [0, 0.05) is 11.3 Å². The van der Waals surface area contributed by atoms with E-state index in [2.05, 4.69) is 0 Å². The molecule has 0 heterocycles. The smallest absolute Gasteiger partial charge is 0.399 e. The van der Waals surface area contributed by atoms with Crippen molar-refractivity contribution in [2.75, 3.05) is 5.73 Å². The predicted octanol–water partition coefficient (Wildman–Crippen LogP) is 2.92. The second-order valence-corrected chi connectivity index (χ2v) is 2.70. The molecule has 1 rings (SSSR count). The zero-order valence-corrected chi connectivity index (χ0v) is 6.78. The van der Waals surface area contributed by atoms with Crippen LogP contribution < -0.4 is 5.73 Å². The second kappa shape index (κ2) is 3.11. The first-order valence-corrected chi connectivity index (χ1v) is 3.55. The van der Waals surface area contributed by atoms with Crippen molar-refractivity contribution in [1.82, 2.24) is 0 Å². The molecule has 0 amide bonds. The minimum absolute atomic E-state index is 0.133. The van der Waals surface area contributed by atoms with Crippen LogP contribution in [0.25, 0.3) is 0 Å². The number of halogens is 5. The zero-order valence-electron chi connectivity index (χ0n) is 6.78. The van der Waals surface area contributed by atoms with Crippen LogP contribution in [0.4, 0.5) is 27.6 Å². The van der Waals surface area contributed by atoms with Gasteiger partial charge in [-0.25, -0.2) is 0 Å². The second-order valence-electron chi connectivity index (χ2n) is 2.70. The fraction of sp³-hybridized carbons (Fsp3) is 0.250.